The molecule has 0 atom stereocenters. The number of amides is 1. The predicted molar refractivity (Wildman–Crippen MR) is 123 cm³/mol. The molecule has 0 N–H and O–H groups in total. The lowest BCUT2D eigenvalue weighted by atomic mass is 10.1. The third-order valence-corrected chi connectivity index (χ3v) is 5.83. The van der Waals surface area contributed by atoms with Crippen LogP contribution in [0.1, 0.15) is 29.3 Å². The van der Waals surface area contributed by atoms with Gasteiger partial charge in [-0.15, -0.1) is 0 Å². The Morgan fingerprint density at radius 3 is 2.41 bits per heavy atom. The maximum atomic E-state index is 13.5. The zero-order chi connectivity index (χ0) is 22.5. The molecule has 1 saturated heterocycles. The number of rotatable bonds is 7. The minimum atomic E-state index is -0.301. The zero-order valence-corrected chi connectivity index (χ0v) is 18.6. The van der Waals surface area contributed by atoms with Gasteiger partial charge in [0.05, 0.1) is 12.1 Å². The number of anilines is 1. The van der Waals surface area contributed by atoms with Gasteiger partial charge in [0.1, 0.15) is 11.5 Å². The van der Waals surface area contributed by atoms with E-state index in [2.05, 4.69) is 28.9 Å². The summed E-state index contributed by atoms with van der Waals surface area (Å²) in [6.07, 6.45) is 0.833. The van der Waals surface area contributed by atoms with E-state index in [0.717, 1.165) is 43.7 Å². The van der Waals surface area contributed by atoms with E-state index in [9.17, 15) is 9.18 Å². The van der Waals surface area contributed by atoms with Crippen molar-refractivity contribution in [2.45, 2.75) is 19.9 Å². The van der Waals surface area contributed by atoms with Crippen LogP contribution in [0.2, 0.25) is 0 Å². The van der Waals surface area contributed by atoms with E-state index in [-0.39, 0.29) is 11.7 Å². The highest BCUT2D eigenvalue weighted by atomic mass is 19.1. The Kier molecular flexibility index (Phi) is 6.85. The second-order valence-corrected chi connectivity index (χ2v) is 8.20. The van der Waals surface area contributed by atoms with Crippen LogP contribution >= 0.6 is 0 Å². The molecule has 0 bridgehead atoms. The van der Waals surface area contributed by atoms with Crippen molar-refractivity contribution in [3.63, 3.8) is 0 Å². The van der Waals surface area contributed by atoms with Crippen molar-refractivity contribution in [3.8, 4) is 11.3 Å². The maximum Gasteiger partial charge on any atom is 0.254 e. The SMILES string of the molecule is CCCN(Cc1c(-c2ccc(F)cc2)noc1N1CCN(C)CC1)C(=O)c1ccccc1. The average Bonchev–Trinajstić information content (AvgIpc) is 3.23. The number of halogens is 1. The van der Waals surface area contributed by atoms with Crippen molar-refractivity contribution in [1.29, 1.82) is 0 Å². The summed E-state index contributed by atoms with van der Waals surface area (Å²) < 4.78 is 19.4. The molecule has 1 aromatic heterocycles. The minimum Gasteiger partial charge on any atom is -0.338 e. The second kappa shape index (κ2) is 9.96. The Morgan fingerprint density at radius 2 is 1.75 bits per heavy atom. The summed E-state index contributed by atoms with van der Waals surface area (Å²) in [6, 6.07) is 15.6. The molecular weight excluding hydrogens is 407 g/mol. The number of aromatic nitrogens is 1. The first kappa shape index (κ1) is 22.0. The van der Waals surface area contributed by atoms with E-state index in [0.29, 0.717) is 30.2 Å². The Labute approximate surface area is 188 Å². The lowest BCUT2D eigenvalue weighted by Gasteiger charge is -2.33. The zero-order valence-electron chi connectivity index (χ0n) is 18.6. The smallest absolute Gasteiger partial charge is 0.254 e. The minimum absolute atomic E-state index is 0.0250. The molecule has 32 heavy (non-hydrogen) atoms. The van der Waals surface area contributed by atoms with Gasteiger partial charge in [-0.3, -0.25) is 4.79 Å². The van der Waals surface area contributed by atoms with Crippen LogP contribution in [0.3, 0.4) is 0 Å². The fourth-order valence-corrected chi connectivity index (χ4v) is 4.01. The van der Waals surface area contributed by atoms with E-state index in [1.807, 2.05) is 35.2 Å². The van der Waals surface area contributed by atoms with Crippen molar-refractivity contribution in [3.05, 3.63) is 71.5 Å². The normalized spacial score (nSPS) is 14.5. The summed E-state index contributed by atoms with van der Waals surface area (Å²) in [5.74, 6) is 0.368. The van der Waals surface area contributed by atoms with Crippen molar-refractivity contribution >= 4 is 11.8 Å². The number of hydrogen-bond acceptors (Lipinski definition) is 5. The first-order chi connectivity index (χ1) is 15.6. The van der Waals surface area contributed by atoms with Crippen LogP contribution in [-0.4, -0.2) is 60.6 Å². The molecule has 6 nitrogen and oxygen atoms in total. The molecule has 2 aromatic carbocycles. The molecule has 1 aliphatic rings. The second-order valence-electron chi connectivity index (χ2n) is 8.20. The molecule has 1 fully saturated rings. The van der Waals surface area contributed by atoms with Crippen molar-refractivity contribution in [1.82, 2.24) is 15.0 Å². The Bertz CT molecular complexity index is 1030. The molecule has 0 radical (unpaired) electrons. The molecule has 0 unspecified atom stereocenters. The van der Waals surface area contributed by atoms with Gasteiger partial charge in [-0.05, 0) is 49.9 Å². The van der Waals surface area contributed by atoms with Crippen LogP contribution in [-0.2, 0) is 6.54 Å². The first-order valence-electron chi connectivity index (χ1n) is 11.1. The molecule has 0 aliphatic carbocycles. The van der Waals surface area contributed by atoms with E-state index in [1.165, 1.54) is 12.1 Å². The number of hydrogen-bond donors (Lipinski definition) is 0. The summed E-state index contributed by atoms with van der Waals surface area (Å²) in [7, 11) is 2.10. The lowest BCUT2D eigenvalue weighted by Crippen LogP contribution is -2.45. The molecular formula is C25H29FN4O2. The van der Waals surface area contributed by atoms with Gasteiger partial charge in [0.2, 0.25) is 5.88 Å². The molecule has 1 amide bonds. The molecule has 2 heterocycles. The van der Waals surface area contributed by atoms with Gasteiger partial charge >= 0.3 is 0 Å². The number of carbonyl (C=O) groups is 1. The molecule has 4 rings (SSSR count). The van der Waals surface area contributed by atoms with Gasteiger partial charge in [0.25, 0.3) is 5.91 Å². The number of carbonyl (C=O) groups excluding carboxylic acids is 1. The van der Waals surface area contributed by atoms with Crippen molar-refractivity contribution in [2.75, 3.05) is 44.7 Å². The van der Waals surface area contributed by atoms with Gasteiger partial charge < -0.3 is 19.2 Å². The Hall–Kier alpha value is -3.19. The molecule has 7 heteroatoms. The average molecular weight is 437 g/mol. The summed E-state index contributed by atoms with van der Waals surface area (Å²) in [5, 5.41) is 4.36. The van der Waals surface area contributed by atoms with Gasteiger partial charge in [-0.1, -0.05) is 30.3 Å². The summed E-state index contributed by atoms with van der Waals surface area (Å²) >= 11 is 0. The van der Waals surface area contributed by atoms with Crippen LogP contribution < -0.4 is 4.90 Å². The summed E-state index contributed by atoms with van der Waals surface area (Å²) in [4.78, 5) is 19.6. The summed E-state index contributed by atoms with van der Waals surface area (Å²) in [5.41, 5.74) is 2.94. The fourth-order valence-electron chi connectivity index (χ4n) is 4.01. The van der Waals surface area contributed by atoms with E-state index >= 15 is 0 Å². The van der Waals surface area contributed by atoms with Crippen LogP contribution in [0.25, 0.3) is 11.3 Å². The van der Waals surface area contributed by atoms with Gasteiger partial charge in [0.15, 0.2) is 0 Å². The molecule has 1 aliphatic heterocycles. The Morgan fingerprint density at radius 1 is 1.06 bits per heavy atom. The lowest BCUT2D eigenvalue weighted by molar-refractivity contribution is 0.0743. The topological polar surface area (TPSA) is 52.8 Å². The number of nitrogens with zero attached hydrogens (tertiary/aromatic N) is 4. The third kappa shape index (κ3) is 4.83. The molecule has 168 valence electrons. The van der Waals surface area contributed by atoms with Crippen molar-refractivity contribution in [2.24, 2.45) is 0 Å². The predicted octanol–water partition coefficient (Wildman–Crippen LogP) is 4.28. The first-order valence-corrected chi connectivity index (χ1v) is 11.1. The standard InChI is InChI=1S/C25H29FN4O2/c1-3-13-30(24(31)20-7-5-4-6-8-20)18-22-23(19-9-11-21(26)12-10-19)27-32-25(22)29-16-14-28(2)15-17-29/h4-12H,3,13-18H2,1-2H3. The summed E-state index contributed by atoms with van der Waals surface area (Å²) in [6.45, 7) is 6.54. The highest BCUT2D eigenvalue weighted by molar-refractivity contribution is 5.94. The molecule has 3 aromatic rings. The van der Waals surface area contributed by atoms with Gasteiger partial charge in [-0.25, -0.2) is 4.39 Å². The Balaban J connectivity index is 1.71. The van der Waals surface area contributed by atoms with Gasteiger partial charge in [0, 0.05) is 43.9 Å². The quantitative estimate of drug-likeness (QED) is 0.553. The highest BCUT2D eigenvalue weighted by Gasteiger charge is 2.28. The molecule has 0 saturated carbocycles. The highest BCUT2D eigenvalue weighted by Crippen LogP contribution is 2.33. The van der Waals surface area contributed by atoms with Crippen LogP contribution in [0.5, 0.6) is 0 Å². The fraction of sp³-hybridized carbons (Fsp3) is 0.360. The van der Waals surface area contributed by atoms with E-state index in [1.54, 1.807) is 12.1 Å². The van der Waals surface area contributed by atoms with Crippen LogP contribution in [0.4, 0.5) is 10.3 Å². The third-order valence-electron chi connectivity index (χ3n) is 5.83. The van der Waals surface area contributed by atoms with Crippen LogP contribution in [0.15, 0.2) is 59.1 Å². The molecule has 0 spiro atoms. The van der Waals surface area contributed by atoms with Crippen molar-refractivity contribution < 1.29 is 13.7 Å². The van der Waals surface area contributed by atoms with E-state index in [4.69, 9.17) is 4.52 Å². The number of benzene rings is 2. The largest absolute Gasteiger partial charge is 0.338 e. The monoisotopic (exact) mass is 436 g/mol. The number of likely N-dealkylation sites (N-methyl/N-ethyl adjacent to an activating group) is 1. The van der Waals surface area contributed by atoms with Crippen LogP contribution in [0, 0.1) is 5.82 Å². The van der Waals surface area contributed by atoms with E-state index < -0.39 is 0 Å². The van der Waals surface area contributed by atoms with Gasteiger partial charge in [-0.2, -0.15) is 0 Å². The maximum absolute atomic E-state index is 13.5. The number of piperazine rings is 1.